The average Bonchev–Trinajstić information content (AvgIpc) is 2.89. The Morgan fingerprint density at radius 3 is 2.39 bits per heavy atom. The summed E-state index contributed by atoms with van der Waals surface area (Å²) in [6.45, 7) is 10.1. The van der Waals surface area contributed by atoms with E-state index in [1.807, 2.05) is 30.3 Å². The molecule has 0 spiro atoms. The van der Waals surface area contributed by atoms with Crippen LogP contribution in [0.25, 0.3) is 21.5 Å². The summed E-state index contributed by atoms with van der Waals surface area (Å²) in [6, 6.07) is 27.4. The number of benzene rings is 4. The highest BCUT2D eigenvalue weighted by molar-refractivity contribution is 7.99. The molecule has 0 N–H and O–H groups in total. The Morgan fingerprint density at radius 1 is 0.889 bits per heavy atom. The molecule has 4 rings (SSSR count). The smallest absolute Gasteiger partial charge is 0.333 e. The van der Waals surface area contributed by atoms with Crippen LogP contribution in [0.1, 0.15) is 12.5 Å². The van der Waals surface area contributed by atoms with Crippen LogP contribution in [0.5, 0.6) is 0 Å². The summed E-state index contributed by atoms with van der Waals surface area (Å²) >= 11 is 1.73. The summed E-state index contributed by atoms with van der Waals surface area (Å²) in [5, 5.41) is 4.61. The monoisotopic (exact) mass is 498 g/mol. The summed E-state index contributed by atoms with van der Waals surface area (Å²) < 4.78 is 17.2. The normalized spacial score (nSPS) is 11.9. The van der Waals surface area contributed by atoms with Crippen LogP contribution in [0.15, 0.2) is 113 Å². The van der Waals surface area contributed by atoms with Crippen molar-refractivity contribution in [2.45, 2.75) is 29.4 Å². The first-order valence-electron chi connectivity index (χ1n) is 11.9. The van der Waals surface area contributed by atoms with Crippen molar-refractivity contribution in [3.63, 3.8) is 0 Å². The van der Waals surface area contributed by atoms with Crippen LogP contribution in [-0.2, 0) is 25.6 Å². The molecule has 36 heavy (non-hydrogen) atoms. The quantitative estimate of drug-likeness (QED) is 0.0672. The first-order valence-corrected chi connectivity index (χ1v) is 12.7. The molecule has 0 fully saturated rings. The van der Waals surface area contributed by atoms with Gasteiger partial charge in [-0.2, -0.15) is 0 Å². The van der Waals surface area contributed by atoms with Gasteiger partial charge in [0.1, 0.15) is 6.10 Å². The summed E-state index contributed by atoms with van der Waals surface area (Å²) in [4.78, 5) is 14.5. The average molecular weight is 499 g/mol. The van der Waals surface area contributed by atoms with Crippen molar-refractivity contribution in [1.29, 1.82) is 0 Å². The molecule has 0 aliphatic rings. The minimum atomic E-state index is -0.542. The first-order chi connectivity index (χ1) is 17.5. The number of rotatable bonds is 12. The van der Waals surface area contributed by atoms with Crippen molar-refractivity contribution >= 4 is 39.3 Å². The van der Waals surface area contributed by atoms with Crippen molar-refractivity contribution in [1.82, 2.24) is 0 Å². The third kappa shape index (κ3) is 6.64. The molecule has 0 amide bonds. The van der Waals surface area contributed by atoms with E-state index >= 15 is 0 Å². The molecule has 0 bridgehead atoms. The van der Waals surface area contributed by atoms with Crippen molar-refractivity contribution in [3.05, 3.63) is 109 Å². The number of carbonyl (C=O) groups excluding carboxylic acids is 1. The minimum Gasteiger partial charge on any atom is -0.454 e. The first kappa shape index (κ1) is 25.7. The Kier molecular flexibility index (Phi) is 8.95. The maximum Gasteiger partial charge on any atom is 0.333 e. The Morgan fingerprint density at radius 2 is 1.61 bits per heavy atom. The fraction of sp³-hybridized carbons (Fsp3) is 0.194. The third-order valence-electron chi connectivity index (χ3n) is 5.64. The molecule has 0 aliphatic carbocycles. The molecule has 0 radical (unpaired) electrons. The topological polar surface area (TPSA) is 44.8 Å². The fourth-order valence-electron chi connectivity index (χ4n) is 3.92. The predicted molar refractivity (Wildman–Crippen MR) is 147 cm³/mol. The van der Waals surface area contributed by atoms with Gasteiger partial charge in [0.2, 0.25) is 0 Å². The van der Waals surface area contributed by atoms with Crippen LogP contribution in [0, 0.1) is 0 Å². The van der Waals surface area contributed by atoms with Gasteiger partial charge in [0, 0.05) is 15.4 Å². The lowest BCUT2D eigenvalue weighted by molar-refractivity contribution is -0.151. The Hall–Kier alpha value is -3.38. The molecule has 4 nitrogen and oxygen atoms in total. The summed E-state index contributed by atoms with van der Waals surface area (Å²) in [6.07, 6.45) is 1.12. The van der Waals surface area contributed by atoms with Crippen molar-refractivity contribution in [3.8, 4) is 0 Å². The van der Waals surface area contributed by atoms with Crippen LogP contribution in [-0.4, -0.2) is 31.9 Å². The number of ether oxygens (including phenoxy) is 3. The minimum absolute atomic E-state index is 0.208. The molecule has 0 heterocycles. The van der Waals surface area contributed by atoms with Gasteiger partial charge < -0.3 is 14.2 Å². The maximum absolute atomic E-state index is 12.1. The van der Waals surface area contributed by atoms with Crippen molar-refractivity contribution in [2.75, 3.05) is 19.8 Å². The van der Waals surface area contributed by atoms with Gasteiger partial charge in [-0.1, -0.05) is 72.9 Å². The van der Waals surface area contributed by atoms with Crippen molar-refractivity contribution < 1.29 is 19.0 Å². The van der Waals surface area contributed by atoms with E-state index < -0.39 is 12.1 Å². The largest absolute Gasteiger partial charge is 0.454 e. The van der Waals surface area contributed by atoms with Gasteiger partial charge in [0.25, 0.3) is 0 Å². The zero-order chi connectivity index (χ0) is 25.3. The number of carbonyl (C=O) groups is 1. The standard InChI is InChI=1S/C31H30O4S/c1-4-16-33-19-25(35-31(32)22(2)3)20-34-21-30-28-13-9-8-10-23(28)17-24-14-15-27(18-29(24)30)36-26-11-6-5-7-12-26/h4-15,17-18,25H,1-2,16,19-21H2,3H3. The molecule has 1 unspecified atom stereocenters. The summed E-state index contributed by atoms with van der Waals surface area (Å²) in [7, 11) is 0. The zero-order valence-electron chi connectivity index (χ0n) is 20.4. The van der Waals surface area contributed by atoms with E-state index in [0.29, 0.717) is 18.8 Å². The maximum atomic E-state index is 12.1. The van der Waals surface area contributed by atoms with Crippen molar-refractivity contribution in [2.24, 2.45) is 0 Å². The molecule has 0 aliphatic heterocycles. The van der Waals surface area contributed by atoms with Crippen LogP contribution < -0.4 is 0 Å². The third-order valence-corrected chi connectivity index (χ3v) is 6.63. The van der Waals surface area contributed by atoms with Crippen LogP contribution in [0.2, 0.25) is 0 Å². The van der Waals surface area contributed by atoms with E-state index in [1.54, 1.807) is 24.8 Å². The molecular formula is C31H30O4S. The lowest BCUT2D eigenvalue weighted by Crippen LogP contribution is -2.29. The molecule has 4 aromatic carbocycles. The zero-order valence-corrected chi connectivity index (χ0v) is 21.3. The molecule has 0 saturated heterocycles. The molecule has 4 aromatic rings. The van der Waals surface area contributed by atoms with Crippen LogP contribution >= 0.6 is 11.8 Å². The lowest BCUT2D eigenvalue weighted by atomic mass is 9.97. The Balaban J connectivity index is 1.60. The predicted octanol–water partition coefficient (Wildman–Crippen LogP) is 7.35. The van der Waals surface area contributed by atoms with E-state index in [4.69, 9.17) is 14.2 Å². The molecule has 1 atom stereocenters. The summed E-state index contributed by atoms with van der Waals surface area (Å²) in [5.41, 5.74) is 1.45. The molecule has 184 valence electrons. The second-order valence-corrected chi connectivity index (χ2v) is 9.67. The second kappa shape index (κ2) is 12.5. The van der Waals surface area contributed by atoms with Gasteiger partial charge in [-0.05, 0) is 64.4 Å². The van der Waals surface area contributed by atoms with Gasteiger partial charge in [-0.3, -0.25) is 0 Å². The number of hydrogen-bond acceptors (Lipinski definition) is 5. The molecule has 0 aromatic heterocycles. The fourth-order valence-corrected chi connectivity index (χ4v) is 4.80. The highest BCUT2D eigenvalue weighted by Gasteiger charge is 2.17. The van der Waals surface area contributed by atoms with Gasteiger partial charge in [0.05, 0.1) is 26.4 Å². The lowest BCUT2D eigenvalue weighted by Gasteiger charge is -2.19. The van der Waals surface area contributed by atoms with E-state index in [0.717, 1.165) is 32.0 Å². The molecular weight excluding hydrogens is 468 g/mol. The van der Waals surface area contributed by atoms with E-state index in [-0.39, 0.29) is 13.2 Å². The van der Waals surface area contributed by atoms with E-state index in [2.05, 4.69) is 61.7 Å². The highest BCUT2D eigenvalue weighted by atomic mass is 32.2. The second-order valence-electron chi connectivity index (χ2n) is 8.52. The van der Waals surface area contributed by atoms with E-state index in [1.165, 1.54) is 4.90 Å². The van der Waals surface area contributed by atoms with Gasteiger partial charge in [0.15, 0.2) is 0 Å². The Bertz CT molecular complexity index is 1360. The van der Waals surface area contributed by atoms with E-state index in [9.17, 15) is 4.79 Å². The molecule has 5 heteroatoms. The highest BCUT2D eigenvalue weighted by Crippen LogP contribution is 2.34. The number of hydrogen-bond donors (Lipinski definition) is 0. The Labute approximate surface area is 216 Å². The molecule has 0 saturated carbocycles. The van der Waals surface area contributed by atoms with Gasteiger partial charge >= 0.3 is 5.97 Å². The van der Waals surface area contributed by atoms with Crippen LogP contribution in [0.4, 0.5) is 0 Å². The van der Waals surface area contributed by atoms with Gasteiger partial charge in [-0.25, -0.2) is 4.79 Å². The van der Waals surface area contributed by atoms with Gasteiger partial charge in [-0.15, -0.1) is 6.58 Å². The van der Waals surface area contributed by atoms with Crippen LogP contribution in [0.3, 0.4) is 0 Å². The number of esters is 1. The summed E-state index contributed by atoms with van der Waals surface area (Å²) in [5.74, 6) is -0.455. The SMILES string of the molecule is C=CCOCC(COCc1c2ccccc2cc2ccc(Sc3ccccc3)cc12)OC(=O)C(=C)C. The number of fused-ring (bicyclic) bond motifs is 2.